The summed E-state index contributed by atoms with van der Waals surface area (Å²) < 4.78 is 7.60. The molecule has 3 heteroatoms. The van der Waals surface area contributed by atoms with Gasteiger partial charge in [-0.15, -0.1) is 0 Å². The first-order valence-corrected chi connectivity index (χ1v) is 6.78. The summed E-state index contributed by atoms with van der Waals surface area (Å²) in [7, 11) is 1.71. The number of fused-ring (bicyclic) bond motifs is 1. The van der Waals surface area contributed by atoms with Crippen LogP contribution in [0.25, 0.3) is 10.9 Å². The molecular weight excluding hydrogens is 282 g/mol. The van der Waals surface area contributed by atoms with E-state index in [0.717, 1.165) is 12.3 Å². The van der Waals surface area contributed by atoms with Crippen molar-refractivity contribution in [2.24, 2.45) is 0 Å². The van der Waals surface area contributed by atoms with Crippen LogP contribution < -0.4 is 21.7 Å². The monoisotopic (exact) mass is 299 g/mol. The molecular formula is C18H18ClNO. The molecule has 3 aromatic rings. The third-order valence-electron chi connectivity index (χ3n) is 3.64. The lowest BCUT2D eigenvalue weighted by Gasteiger charge is -2.06. The van der Waals surface area contributed by atoms with Crippen LogP contribution in [0.4, 0.5) is 0 Å². The molecule has 1 aromatic heterocycles. The van der Waals surface area contributed by atoms with Gasteiger partial charge < -0.3 is 17.1 Å². The molecule has 0 aliphatic rings. The van der Waals surface area contributed by atoms with Crippen molar-refractivity contribution < 1.29 is 21.7 Å². The molecule has 0 aliphatic carbocycles. The third kappa shape index (κ3) is 3.17. The molecule has 0 saturated heterocycles. The fourth-order valence-corrected chi connectivity index (χ4v) is 2.50. The molecule has 0 amide bonds. The van der Waals surface area contributed by atoms with Crippen molar-refractivity contribution in [3.8, 4) is 5.75 Å². The van der Waals surface area contributed by atoms with Gasteiger partial charge >= 0.3 is 0 Å². The molecule has 0 saturated carbocycles. The largest absolute Gasteiger partial charge is 1.00 e. The highest BCUT2D eigenvalue weighted by Gasteiger charge is 2.12. The Bertz CT molecular complexity index is 741. The quantitative estimate of drug-likeness (QED) is 0.642. The van der Waals surface area contributed by atoms with Gasteiger partial charge in [0.2, 0.25) is 5.52 Å². The second kappa shape index (κ2) is 6.59. The van der Waals surface area contributed by atoms with Crippen LogP contribution in [0, 0.1) is 6.92 Å². The molecule has 0 radical (unpaired) electrons. The Kier molecular flexibility index (Phi) is 4.81. The minimum atomic E-state index is 0. The van der Waals surface area contributed by atoms with E-state index in [1.807, 2.05) is 12.1 Å². The smallest absolute Gasteiger partial charge is 0.213 e. The van der Waals surface area contributed by atoms with Gasteiger partial charge in [0, 0.05) is 17.7 Å². The normalized spacial score (nSPS) is 10.2. The van der Waals surface area contributed by atoms with Crippen molar-refractivity contribution in [1.29, 1.82) is 0 Å². The summed E-state index contributed by atoms with van der Waals surface area (Å²) in [6.07, 6.45) is 2.15. The minimum absolute atomic E-state index is 0. The van der Waals surface area contributed by atoms with Crippen molar-refractivity contribution in [1.82, 2.24) is 0 Å². The van der Waals surface area contributed by atoms with Crippen LogP contribution in [0.2, 0.25) is 0 Å². The Balaban J connectivity index is 0.00000161. The summed E-state index contributed by atoms with van der Waals surface area (Å²) in [5.41, 5.74) is 3.80. The van der Waals surface area contributed by atoms with Crippen molar-refractivity contribution in [3.05, 3.63) is 71.9 Å². The Morgan fingerprint density at radius 1 is 1.00 bits per heavy atom. The Morgan fingerprint density at radius 2 is 1.76 bits per heavy atom. The first-order valence-electron chi connectivity index (χ1n) is 6.78. The Morgan fingerprint density at radius 3 is 2.48 bits per heavy atom. The molecule has 0 bridgehead atoms. The summed E-state index contributed by atoms with van der Waals surface area (Å²) in [6, 6.07) is 18.9. The molecule has 0 aliphatic heterocycles. The van der Waals surface area contributed by atoms with Gasteiger partial charge in [0.15, 0.2) is 12.7 Å². The van der Waals surface area contributed by atoms with Gasteiger partial charge in [-0.3, -0.25) is 0 Å². The highest BCUT2D eigenvalue weighted by atomic mass is 35.5. The number of methoxy groups -OCH3 is 1. The van der Waals surface area contributed by atoms with E-state index < -0.39 is 0 Å². The lowest BCUT2D eigenvalue weighted by atomic mass is 10.1. The van der Waals surface area contributed by atoms with Crippen molar-refractivity contribution in [2.45, 2.75) is 13.5 Å². The fraction of sp³-hybridized carbons (Fsp3) is 0.167. The van der Waals surface area contributed by atoms with Gasteiger partial charge in [-0.05, 0) is 24.6 Å². The van der Waals surface area contributed by atoms with Gasteiger partial charge in [-0.1, -0.05) is 30.3 Å². The van der Waals surface area contributed by atoms with E-state index in [-0.39, 0.29) is 12.4 Å². The fourth-order valence-electron chi connectivity index (χ4n) is 2.50. The van der Waals surface area contributed by atoms with Gasteiger partial charge in [0.25, 0.3) is 0 Å². The number of aromatic nitrogens is 1. The molecule has 0 fully saturated rings. The van der Waals surface area contributed by atoms with E-state index in [1.165, 1.54) is 22.0 Å². The molecule has 0 unspecified atom stereocenters. The van der Waals surface area contributed by atoms with E-state index in [9.17, 15) is 0 Å². The highest BCUT2D eigenvalue weighted by molar-refractivity contribution is 5.80. The molecule has 0 spiro atoms. The second-order valence-electron chi connectivity index (χ2n) is 5.00. The zero-order valence-corrected chi connectivity index (χ0v) is 13.0. The van der Waals surface area contributed by atoms with E-state index in [1.54, 1.807) is 7.11 Å². The number of nitrogens with zero attached hydrogens (tertiary/aromatic N) is 1. The highest BCUT2D eigenvalue weighted by Crippen LogP contribution is 2.21. The van der Waals surface area contributed by atoms with Gasteiger partial charge in [0.05, 0.1) is 12.5 Å². The van der Waals surface area contributed by atoms with Crippen LogP contribution >= 0.6 is 0 Å². The summed E-state index contributed by atoms with van der Waals surface area (Å²) in [6.45, 7) is 3.01. The molecule has 108 valence electrons. The number of benzene rings is 2. The van der Waals surface area contributed by atoms with Crippen LogP contribution in [0.15, 0.2) is 60.8 Å². The summed E-state index contributed by atoms with van der Waals surface area (Å²) in [4.78, 5) is 0. The van der Waals surface area contributed by atoms with Gasteiger partial charge in [0.1, 0.15) is 5.75 Å². The lowest BCUT2D eigenvalue weighted by molar-refractivity contribution is -0.662. The van der Waals surface area contributed by atoms with Gasteiger partial charge in [-0.25, -0.2) is 0 Å². The minimum Gasteiger partial charge on any atom is -1.00 e. The van der Waals surface area contributed by atoms with Crippen molar-refractivity contribution in [3.63, 3.8) is 0 Å². The average Bonchev–Trinajstić information content (AvgIpc) is 2.51. The first-order chi connectivity index (χ1) is 9.78. The van der Waals surface area contributed by atoms with E-state index in [2.05, 4.69) is 60.2 Å². The number of halogens is 1. The van der Waals surface area contributed by atoms with Crippen LogP contribution in [-0.2, 0) is 6.54 Å². The zero-order valence-electron chi connectivity index (χ0n) is 12.2. The maximum absolute atomic E-state index is 5.33. The average molecular weight is 300 g/mol. The Hall–Kier alpha value is -2.06. The first kappa shape index (κ1) is 15.3. The zero-order chi connectivity index (χ0) is 13.9. The molecule has 21 heavy (non-hydrogen) atoms. The SMILES string of the molecule is COc1ccc2c(c1)c(C)cc[n+]2Cc1ccccc1.[Cl-]. The van der Waals surface area contributed by atoms with E-state index in [0.29, 0.717) is 0 Å². The molecule has 0 atom stereocenters. The molecule has 2 aromatic carbocycles. The number of rotatable bonds is 3. The standard InChI is InChI=1S/C18H18NO.ClH/c1-14-10-11-19(13-15-6-4-3-5-7-15)18-9-8-16(20-2)12-17(14)18;/h3-12H,13H2,1-2H3;1H/q+1;/p-1. The number of hydrogen-bond acceptors (Lipinski definition) is 1. The lowest BCUT2D eigenvalue weighted by Crippen LogP contribution is -3.00. The van der Waals surface area contributed by atoms with Gasteiger partial charge in [-0.2, -0.15) is 4.57 Å². The van der Waals surface area contributed by atoms with Crippen LogP contribution in [0.1, 0.15) is 11.1 Å². The van der Waals surface area contributed by atoms with E-state index in [4.69, 9.17) is 4.74 Å². The van der Waals surface area contributed by atoms with Crippen LogP contribution in [0.3, 0.4) is 0 Å². The van der Waals surface area contributed by atoms with Crippen molar-refractivity contribution in [2.75, 3.05) is 7.11 Å². The Labute approximate surface area is 131 Å². The maximum atomic E-state index is 5.33. The summed E-state index contributed by atoms with van der Waals surface area (Å²) in [5, 5.41) is 1.24. The van der Waals surface area contributed by atoms with Crippen LogP contribution in [-0.4, -0.2) is 7.11 Å². The summed E-state index contributed by atoms with van der Waals surface area (Å²) >= 11 is 0. The van der Waals surface area contributed by atoms with E-state index >= 15 is 0 Å². The van der Waals surface area contributed by atoms with Crippen LogP contribution in [0.5, 0.6) is 5.75 Å². The molecule has 1 heterocycles. The molecule has 3 rings (SSSR count). The summed E-state index contributed by atoms with van der Waals surface area (Å²) in [5.74, 6) is 0.901. The third-order valence-corrected chi connectivity index (χ3v) is 3.64. The maximum Gasteiger partial charge on any atom is 0.213 e. The number of ether oxygens (including phenoxy) is 1. The molecule has 2 nitrogen and oxygen atoms in total. The number of pyridine rings is 1. The predicted molar refractivity (Wildman–Crippen MR) is 81.0 cm³/mol. The molecule has 0 N–H and O–H groups in total. The number of aryl methyl sites for hydroxylation is 1. The topological polar surface area (TPSA) is 13.1 Å². The number of hydrogen-bond donors (Lipinski definition) is 0. The predicted octanol–water partition coefficient (Wildman–Crippen LogP) is 0.497. The second-order valence-corrected chi connectivity index (χ2v) is 5.00. The van der Waals surface area contributed by atoms with Crippen molar-refractivity contribution >= 4 is 10.9 Å².